The summed E-state index contributed by atoms with van der Waals surface area (Å²) in [6, 6.07) is 12.0. The number of halogens is 2. The predicted octanol–water partition coefficient (Wildman–Crippen LogP) is 4.73. The van der Waals surface area contributed by atoms with E-state index in [9.17, 15) is 0 Å². The maximum Gasteiger partial charge on any atom is 0.195 e. The molecule has 0 bridgehead atoms. The molecule has 0 atom stereocenters. The molecular formula is C17H23BrIN3O2S. The molecule has 0 amide bonds. The molecule has 2 aromatic rings. The van der Waals surface area contributed by atoms with E-state index in [-0.39, 0.29) is 24.0 Å². The van der Waals surface area contributed by atoms with Crippen LogP contribution in [0.2, 0.25) is 0 Å². The number of rotatable bonds is 8. The number of benzene rings is 1. The van der Waals surface area contributed by atoms with Crippen LogP contribution in [0.3, 0.4) is 0 Å². The van der Waals surface area contributed by atoms with Gasteiger partial charge in [0, 0.05) is 43.8 Å². The first-order valence-electron chi connectivity index (χ1n) is 7.65. The summed E-state index contributed by atoms with van der Waals surface area (Å²) in [7, 11) is 3.45. The minimum Gasteiger partial charge on any atom is -0.493 e. The fourth-order valence-corrected chi connectivity index (χ4v) is 3.41. The summed E-state index contributed by atoms with van der Waals surface area (Å²) in [5.41, 5.74) is 0.930. The zero-order valence-electron chi connectivity index (χ0n) is 14.3. The van der Waals surface area contributed by atoms with Crippen molar-refractivity contribution in [1.29, 1.82) is 0 Å². The lowest BCUT2D eigenvalue weighted by Crippen LogP contribution is -2.29. The zero-order chi connectivity index (χ0) is 17.2. The van der Waals surface area contributed by atoms with Gasteiger partial charge in [-0.05, 0) is 40.2 Å². The molecule has 2 rings (SSSR count). The normalized spacial score (nSPS) is 10.9. The second-order valence-electron chi connectivity index (χ2n) is 4.98. The number of guanidine groups is 1. The maximum atomic E-state index is 5.71. The lowest BCUT2D eigenvalue weighted by Gasteiger charge is -2.12. The fourth-order valence-electron chi connectivity index (χ4n) is 1.99. The van der Waals surface area contributed by atoms with Crippen LogP contribution in [0.4, 0.5) is 5.69 Å². The molecule has 1 aromatic heterocycles. The van der Waals surface area contributed by atoms with Gasteiger partial charge in [0.15, 0.2) is 5.96 Å². The van der Waals surface area contributed by atoms with Gasteiger partial charge in [0.1, 0.15) is 5.75 Å². The minimum atomic E-state index is 0. The third-order valence-corrected chi connectivity index (χ3v) is 4.76. The highest BCUT2D eigenvalue weighted by Crippen LogP contribution is 2.22. The van der Waals surface area contributed by atoms with Crippen molar-refractivity contribution >= 4 is 62.9 Å². The highest BCUT2D eigenvalue weighted by atomic mass is 127. The Balaban J connectivity index is 0.00000312. The molecule has 0 spiro atoms. The van der Waals surface area contributed by atoms with Crippen LogP contribution in [0.5, 0.6) is 5.75 Å². The number of nitrogens with one attached hydrogen (secondary N) is 2. The molecule has 25 heavy (non-hydrogen) atoms. The molecule has 0 fully saturated rings. The number of ether oxygens (including phenoxy) is 2. The number of hydrogen-bond donors (Lipinski definition) is 2. The molecule has 0 radical (unpaired) electrons. The van der Waals surface area contributed by atoms with E-state index in [0.717, 1.165) is 34.1 Å². The van der Waals surface area contributed by atoms with E-state index in [1.165, 1.54) is 4.88 Å². The summed E-state index contributed by atoms with van der Waals surface area (Å²) in [6.45, 7) is 2.06. The Hall–Kier alpha value is -0.840. The Morgan fingerprint density at radius 3 is 2.76 bits per heavy atom. The Kier molecular flexibility index (Phi) is 11.1. The first-order chi connectivity index (χ1) is 11.7. The fraction of sp³-hybridized carbons (Fsp3) is 0.353. The summed E-state index contributed by atoms with van der Waals surface area (Å²) in [6.07, 6.45) is 0.869. The van der Waals surface area contributed by atoms with Gasteiger partial charge in [-0.1, -0.05) is 6.07 Å². The van der Waals surface area contributed by atoms with E-state index in [1.807, 2.05) is 30.3 Å². The third-order valence-electron chi connectivity index (χ3n) is 3.14. The van der Waals surface area contributed by atoms with Crippen LogP contribution >= 0.6 is 51.2 Å². The molecule has 1 aromatic carbocycles. The van der Waals surface area contributed by atoms with Crippen molar-refractivity contribution < 1.29 is 9.47 Å². The monoisotopic (exact) mass is 539 g/mol. The molecule has 8 heteroatoms. The average Bonchev–Trinajstić information content (AvgIpc) is 3.01. The standard InChI is InChI=1S/C17H22BrN3O2S.HI/c1-19-17(20-12-15-7-8-16(18)24-15)21-13-5-3-6-14(11-13)23-10-4-9-22-2;/h3,5-8,11H,4,9-10,12H2,1-2H3,(H2,19,20,21);1H. The molecular weight excluding hydrogens is 517 g/mol. The van der Waals surface area contributed by atoms with Gasteiger partial charge in [-0.3, -0.25) is 4.99 Å². The topological polar surface area (TPSA) is 54.9 Å². The van der Waals surface area contributed by atoms with Gasteiger partial charge in [-0.25, -0.2) is 0 Å². The number of aliphatic imine (C=N–C) groups is 1. The Morgan fingerprint density at radius 1 is 1.24 bits per heavy atom. The van der Waals surface area contributed by atoms with E-state index < -0.39 is 0 Å². The molecule has 138 valence electrons. The van der Waals surface area contributed by atoms with Gasteiger partial charge >= 0.3 is 0 Å². The summed E-state index contributed by atoms with van der Waals surface area (Å²) >= 11 is 5.17. The molecule has 0 saturated heterocycles. The van der Waals surface area contributed by atoms with E-state index in [4.69, 9.17) is 9.47 Å². The Bertz CT molecular complexity index is 667. The van der Waals surface area contributed by atoms with Gasteiger partial charge in [-0.15, -0.1) is 35.3 Å². The zero-order valence-corrected chi connectivity index (χ0v) is 19.0. The van der Waals surface area contributed by atoms with Crippen LogP contribution in [0.25, 0.3) is 0 Å². The van der Waals surface area contributed by atoms with Crippen molar-refractivity contribution in [2.75, 3.05) is 32.7 Å². The molecule has 5 nitrogen and oxygen atoms in total. The lowest BCUT2D eigenvalue weighted by molar-refractivity contribution is 0.172. The second-order valence-corrected chi connectivity index (χ2v) is 7.53. The molecule has 0 aliphatic carbocycles. The van der Waals surface area contributed by atoms with Crippen molar-refractivity contribution in [2.24, 2.45) is 4.99 Å². The van der Waals surface area contributed by atoms with E-state index >= 15 is 0 Å². The van der Waals surface area contributed by atoms with E-state index in [2.05, 4.69) is 37.6 Å². The van der Waals surface area contributed by atoms with Crippen LogP contribution in [0, 0.1) is 0 Å². The van der Waals surface area contributed by atoms with Crippen molar-refractivity contribution in [3.05, 3.63) is 45.1 Å². The SMILES string of the molecule is CN=C(NCc1ccc(Br)s1)Nc1cccc(OCCCOC)c1.I. The van der Waals surface area contributed by atoms with Gasteiger partial charge in [0.25, 0.3) is 0 Å². The minimum absolute atomic E-state index is 0. The molecule has 2 N–H and O–H groups in total. The maximum absolute atomic E-state index is 5.71. The summed E-state index contributed by atoms with van der Waals surface area (Å²) in [5, 5.41) is 6.57. The summed E-state index contributed by atoms with van der Waals surface area (Å²) in [4.78, 5) is 5.49. The number of nitrogens with zero attached hydrogens (tertiary/aromatic N) is 1. The molecule has 0 unspecified atom stereocenters. The predicted molar refractivity (Wildman–Crippen MR) is 120 cm³/mol. The van der Waals surface area contributed by atoms with Crippen molar-refractivity contribution in [3.8, 4) is 5.75 Å². The first kappa shape index (κ1) is 22.2. The van der Waals surface area contributed by atoms with Crippen molar-refractivity contribution in [2.45, 2.75) is 13.0 Å². The number of methoxy groups -OCH3 is 1. The van der Waals surface area contributed by atoms with Crippen molar-refractivity contribution in [1.82, 2.24) is 5.32 Å². The van der Waals surface area contributed by atoms with Crippen molar-refractivity contribution in [3.63, 3.8) is 0 Å². The lowest BCUT2D eigenvalue weighted by atomic mass is 10.3. The van der Waals surface area contributed by atoms with Gasteiger partial charge in [-0.2, -0.15) is 0 Å². The van der Waals surface area contributed by atoms with E-state index in [1.54, 1.807) is 25.5 Å². The number of anilines is 1. The van der Waals surface area contributed by atoms with Gasteiger partial charge < -0.3 is 20.1 Å². The number of thiophene rings is 1. The highest BCUT2D eigenvalue weighted by Gasteiger charge is 2.03. The van der Waals surface area contributed by atoms with Gasteiger partial charge in [0.2, 0.25) is 0 Å². The van der Waals surface area contributed by atoms with Crippen LogP contribution in [-0.4, -0.2) is 33.3 Å². The van der Waals surface area contributed by atoms with Crippen LogP contribution in [-0.2, 0) is 11.3 Å². The number of hydrogen-bond acceptors (Lipinski definition) is 4. The van der Waals surface area contributed by atoms with Crippen LogP contribution < -0.4 is 15.4 Å². The quantitative estimate of drug-likeness (QED) is 0.220. The molecule has 0 saturated carbocycles. The van der Waals surface area contributed by atoms with Crippen LogP contribution in [0.15, 0.2) is 45.2 Å². The summed E-state index contributed by atoms with van der Waals surface area (Å²) < 4.78 is 11.9. The third kappa shape index (κ3) is 8.39. The highest BCUT2D eigenvalue weighted by molar-refractivity contribution is 14.0. The molecule has 1 heterocycles. The molecule has 0 aliphatic heterocycles. The Morgan fingerprint density at radius 2 is 2.08 bits per heavy atom. The second kappa shape index (κ2) is 12.5. The summed E-state index contributed by atoms with van der Waals surface area (Å²) in [5.74, 6) is 1.55. The molecule has 0 aliphatic rings. The smallest absolute Gasteiger partial charge is 0.195 e. The largest absolute Gasteiger partial charge is 0.493 e. The Labute approximate surface area is 178 Å². The van der Waals surface area contributed by atoms with Gasteiger partial charge in [0.05, 0.1) is 16.9 Å². The van der Waals surface area contributed by atoms with E-state index in [0.29, 0.717) is 13.2 Å². The first-order valence-corrected chi connectivity index (χ1v) is 9.26. The van der Waals surface area contributed by atoms with Crippen LogP contribution in [0.1, 0.15) is 11.3 Å². The average molecular weight is 540 g/mol.